The Hall–Kier alpha value is -1.31. The van der Waals surface area contributed by atoms with Crippen LogP contribution in [0.3, 0.4) is 0 Å². The molecule has 96 valence electrons. The maximum absolute atomic E-state index is 11.6. The Morgan fingerprint density at radius 3 is 2.94 bits per heavy atom. The number of carbonyl (C=O) groups is 1. The van der Waals surface area contributed by atoms with E-state index in [-0.39, 0.29) is 11.9 Å². The number of hydrogen-bond donors (Lipinski definition) is 0. The molecule has 3 unspecified atom stereocenters. The number of allylic oxidation sites excluding steroid dienone is 6. The molecule has 0 aromatic rings. The van der Waals surface area contributed by atoms with Crippen LogP contribution >= 0.6 is 0 Å². The van der Waals surface area contributed by atoms with Crippen LogP contribution in [0.25, 0.3) is 0 Å². The molecule has 2 heteroatoms. The molecule has 0 heterocycles. The number of hydrogen-bond acceptors (Lipinski definition) is 2. The van der Waals surface area contributed by atoms with Crippen LogP contribution in [-0.4, -0.2) is 13.1 Å². The predicted molar refractivity (Wildman–Crippen MR) is 70.9 cm³/mol. The number of ether oxygens (including phenoxy) is 1. The minimum absolute atomic E-state index is 0.0346. The molecular formula is C16H20O2. The van der Waals surface area contributed by atoms with Gasteiger partial charge >= 0.3 is 5.97 Å². The van der Waals surface area contributed by atoms with E-state index in [0.29, 0.717) is 11.8 Å². The van der Waals surface area contributed by atoms with Gasteiger partial charge < -0.3 is 4.74 Å². The van der Waals surface area contributed by atoms with Crippen LogP contribution in [0.5, 0.6) is 0 Å². The first-order valence-corrected chi connectivity index (χ1v) is 6.94. The Balaban J connectivity index is 1.81. The summed E-state index contributed by atoms with van der Waals surface area (Å²) in [6.45, 7) is 0. The van der Waals surface area contributed by atoms with Crippen LogP contribution in [0, 0.1) is 17.8 Å². The lowest BCUT2D eigenvalue weighted by molar-refractivity contribution is -0.146. The van der Waals surface area contributed by atoms with Gasteiger partial charge in [-0.1, -0.05) is 29.9 Å². The van der Waals surface area contributed by atoms with Gasteiger partial charge in [0, 0.05) is 0 Å². The minimum Gasteiger partial charge on any atom is -0.469 e. The second-order valence-corrected chi connectivity index (χ2v) is 5.60. The number of fused-ring (bicyclic) bond motifs is 3. The van der Waals surface area contributed by atoms with Crippen LogP contribution in [0.1, 0.15) is 32.1 Å². The molecule has 0 amide bonds. The minimum atomic E-state index is -0.0346. The van der Waals surface area contributed by atoms with Crippen LogP contribution < -0.4 is 0 Å². The van der Waals surface area contributed by atoms with Gasteiger partial charge in [-0.15, -0.1) is 0 Å². The molecule has 0 bridgehead atoms. The van der Waals surface area contributed by atoms with Crippen molar-refractivity contribution in [2.45, 2.75) is 32.1 Å². The zero-order valence-corrected chi connectivity index (χ0v) is 10.9. The molecule has 0 N–H and O–H groups in total. The summed E-state index contributed by atoms with van der Waals surface area (Å²) in [5, 5.41) is 0. The highest BCUT2D eigenvalue weighted by Crippen LogP contribution is 2.46. The zero-order valence-electron chi connectivity index (χ0n) is 10.9. The molecule has 18 heavy (non-hydrogen) atoms. The van der Waals surface area contributed by atoms with Gasteiger partial charge in [0.15, 0.2) is 0 Å². The molecule has 1 saturated carbocycles. The maximum atomic E-state index is 11.6. The van der Waals surface area contributed by atoms with Crippen molar-refractivity contribution in [2.75, 3.05) is 7.11 Å². The van der Waals surface area contributed by atoms with E-state index >= 15 is 0 Å². The summed E-state index contributed by atoms with van der Waals surface area (Å²) >= 11 is 0. The average molecular weight is 244 g/mol. The van der Waals surface area contributed by atoms with Gasteiger partial charge in [0.25, 0.3) is 0 Å². The molecular weight excluding hydrogens is 224 g/mol. The Morgan fingerprint density at radius 1 is 1.22 bits per heavy atom. The second kappa shape index (κ2) is 4.75. The topological polar surface area (TPSA) is 26.3 Å². The molecule has 0 radical (unpaired) electrons. The fourth-order valence-corrected chi connectivity index (χ4v) is 3.72. The van der Waals surface area contributed by atoms with Crippen molar-refractivity contribution in [1.82, 2.24) is 0 Å². The van der Waals surface area contributed by atoms with E-state index in [1.54, 1.807) is 0 Å². The third-order valence-electron chi connectivity index (χ3n) is 4.68. The first kappa shape index (κ1) is 11.8. The van der Waals surface area contributed by atoms with Crippen molar-refractivity contribution in [2.24, 2.45) is 17.8 Å². The van der Waals surface area contributed by atoms with Crippen LogP contribution in [0.15, 0.2) is 35.5 Å². The van der Waals surface area contributed by atoms with Crippen LogP contribution in [-0.2, 0) is 9.53 Å². The highest BCUT2D eigenvalue weighted by molar-refractivity contribution is 5.73. The molecule has 3 atom stereocenters. The highest BCUT2D eigenvalue weighted by Gasteiger charge is 2.36. The fourth-order valence-electron chi connectivity index (χ4n) is 3.72. The van der Waals surface area contributed by atoms with E-state index in [1.807, 2.05) is 0 Å². The summed E-state index contributed by atoms with van der Waals surface area (Å²) in [5.41, 5.74) is 2.97. The molecule has 0 saturated heterocycles. The third-order valence-corrected chi connectivity index (χ3v) is 4.68. The van der Waals surface area contributed by atoms with E-state index in [4.69, 9.17) is 4.74 Å². The number of esters is 1. The maximum Gasteiger partial charge on any atom is 0.308 e. The van der Waals surface area contributed by atoms with E-state index in [0.717, 1.165) is 19.3 Å². The van der Waals surface area contributed by atoms with Gasteiger partial charge in [0.1, 0.15) is 0 Å². The fraction of sp³-hybridized carbons (Fsp3) is 0.562. The van der Waals surface area contributed by atoms with Gasteiger partial charge in [0.2, 0.25) is 0 Å². The number of carbonyl (C=O) groups excluding carboxylic acids is 1. The predicted octanol–water partition coefficient (Wildman–Crippen LogP) is 3.41. The van der Waals surface area contributed by atoms with Crippen molar-refractivity contribution < 1.29 is 9.53 Å². The van der Waals surface area contributed by atoms with E-state index in [9.17, 15) is 4.79 Å². The van der Waals surface area contributed by atoms with Gasteiger partial charge in [0.05, 0.1) is 13.0 Å². The summed E-state index contributed by atoms with van der Waals surface area (Å²) in [5.74, 6) is 1.43. The third kappa shape index (κ3) is 1.94. The zero-order chi connectivity index (χ0) is 12.5. The Morgan fingerprint density at radius 2 is 2.11 bits per heavy atom. The van der Waals surface area contributed by atoms with Gasteiger partial charge in [-0.2, -0.15) is 0 Å². The highest BCUT2D eigenvalue weighted by atomic mass is 16.5. The lowest BCUT2D eigenvalue weighted by Gasteiger charge is -2.39. The standard InChI is InChI=1S/C16H20O2/c1-18-16(17)13-8-9-15-12(10-13)7-6-11-4-2-3-5-14(11)15/h2,4,6-7,13-15H,3,5,8-10H2,1H3. The molecule has 3 aliphatic carbocycles. The van der Waals surface area contributed by atoms with Gasteiger partial charge in [-0.05, 0) is 49.5 Å². The van der Waals surface area contributed by atoms with Gasteiger partial charge in [-0.3, -0.25) is 4.79 Å². The number of rotatable bonds is 1. The van der Waals surface area contributed by atoms with Crippen molar-refractivity contribution in [3.63, 3.8) is 0 Å². The Bertz CT molecular complexity index is 442. The molecule has 3 aliphatic rings. The van der Waals surface area contributed by atoms with E-state index in [2.05, 4.69) is 24.3 Å². The summed E-state index contributed by atoms with van der Waals surface area (Å²) < 4.78 is 4.88. The van der Waals surface area contributed by atoms with Crippen molar-refractivity contribution in [3.8, 4) is 0 Å². The van der Waals surface area contributed by atoms with Crippen molar-refractivity contribution in [1.29, 1.82) is 0 Å². The smallest absolute Gasteiger partial charge is 0.308 e. The lowest BCUT2D eigenvalue weighted by atomic mass is 9.65. The normalized spacial score (nSPS) is 33.9. The van der Waals surface area contributed by atoms with E-state index < -0.39 is 0 Å². The number of methoxy groups -OCH3 is 1. The molecule has 1 fully saturated rings. The monoisotopic (exact) mass is 244 g/mol. The average Bonchev–Trinajstić information content (AvgIpc) is 2.45. The SMILES string of the molecule is COC(=O)C1CCC2C(=CC=C3C=CCCC32)C1. The molecule has 0 spiro atoms. The van der Waals surface area contributed by atoms with Gasteiger partial charge in [-0.25, -0.2) is 0 Å². The Labute approximate surface area is 108 Å². The second-order valence-electron chi connectivity index (χ2n) is 5.60. The van der Waals surface area contributed by atoms with Crippen molar-refractivity contribution in [3.05, 3.63) is 35.5 Å². The largest absolute Gasteiger partial charge is 0.469 e. The summed E-state index contributed by atoms with van der Waals surface area (Å²) in [4.78, 5) is 11.6. The summed E-state index contributed by atoms with van der Waals surface area (Å²) in [6.07, 6.45) is 14.6. The first-order valence-electron chi connectivity index (χ1n) is 6.94. The summed E-state index contributed by atoms with van der Waals surface area (Å²) in [6, 6.07) is 0. The lowest BCUT2D eigenvalue weighted by Crippen LogP contribution is -2.31. The van der Waals surface area contributed by atoms with E-state index in [1.165, 1.54) is 31.1 Å². The van der Waals surface area contributed by atoms with Crippen LogP contribution in [0.4, 0.5) is 0 Å². The Kier molecular flexibility index (Phi) is 3.11. The van der Waals surface area contributed by atoms with Crippen LogP contribution in [0.2, 0.25) is 0 Å². The molecule has 0 aliphatic heterocycles. The molecule has 0 aromatic heterocycles. The molecule has 3 rings (SSSR count). The summed E-state index contributed by atoms with van der Waals surface area (Å²) in [7, 11) is 1.49. The first-order chi connectivity index (χ1) is 8.79. The molecule has 0 aromatic carbocycles. The van der Waals surface area contributed by atoms with Crippen molar-refractivity contribution >= 4 is 5.97 Å². The molecule has 2 nitrogen and oxygen atoms in total. The quantitative estimate of drug-likeness (QED) is 0.661.